The van der Waals surface area contributed by atoms with Gasteiger partial charge in [-0.3, -0.25) is 4.90 Å². The number of hydrogen-bond acceptors (Lipinski definition) is 3. The Bertz CT molecular complexity index is 384. The van der Waals surface area contributed by atoms with Gasteiger partial charge in [0.25, 0.3) is 0 Å². The number of likely N-dealkylation sites (tertiary alicyclic amines) is 1. The Morgan fingerprint density at radius 3 is 2.75 bits per heavy atom. The number of rotatable bonds is 5. The first-order valence-electron chi connectivity index (χ1n) is 8.35. The molecule has 0 bridgehead atoms. The van der Waals surface area contributed by atoms with Crippen LogP contribution in [0.4, 0.5) is 0 Å². The molecule has 3 unspecified atom stereocenters. The van der Waals surface area contributed by atoms with Gasteiger partial charge in [-0.25, -0.2) is 0 Å². The quantitative estimate of drug-likeness (QED) is 0.891. The van der Waals surface area contributed by atoms with Crippen LogP contribution in [0.1, 0.15) is 57.3 Å². The summed E-state index contributed by atoms with van der Waals surface area (Å²) in [4.78, 5) is 2.58. The van der Waals surface area contributed by atoms with Gasteiger partial charge in [-0.15, -0.1) is 0 Å². The van der Waals surface area contributed by atoms with Crippen molar-refractivity contribution in [1.29, 1.82) is 0 Å². The van der Waals surface area contributed by atoms with E-state index in [9.17, 15) is 0 Å². The van der Waals surface area contributed by atoms with Gasteiger partial charge in [0.2, 0.25) is 0 Å². The largest absolute Gasteiger partial charge is 0.468 e. The van der Waals surface area contributed by atoms with Crippen molar-refractivity contribution >= 4 is 0 Å². The first-order chi connectivity index (χ1) is 9.84. The van der Waals surface area contributed by atoms with E-state index < -0.39 is 0 Å². The molecule has 0 amide bonds. The molecule has 2 aliphatic rings. The Balaban J connectivity index is 1.61. The monoisotopic (exact) mass is 276 g/mol. The fourth-order valence-electron chi connectivity index (χ4n) is 3.83. The van der Waals surface area contributed by atoms with Crippen molar-refractivity contribution in [3.05, 3.63) is 24.2 Å². The Kier molecular flexibility index (Phi) is 4.79. The lowest BCUT2D eigenvalue weighted by molar-refractivity contribution is 0.188. The summed E-state index contributed by atoms with van der Waals surface area (Å²) in [5.41, 5.74) is 0. The number of nitrogens with zero attached hydrogens (tertiary/aromatic N) is 1. The summed E-state index contributed by atoms with van der Waals surface area (Å²) in [6, 6.07) is 5.27. The molecule has 20 heavy (non-hydrogen) atoms. The summed E-state index contributed by atoms with van der Waals surface area (Å²) in [6.07, 6.45) is 9.98. The molecule has 3 nitrogen and oxygen atoms in total. The fraction of sp³-hybridized carbons (Fsp3) is 0.765. The van der Waals surface area contributed by atoms with Crippen LogP contribution in [-0.2, 0) is 0 Å². The molecule has 0 spiro atoms. The van der Waals surface area contributed by atoms with Gasteiger partial charge in [0.15, 0.2) is 0 Å². The van der Waals surface area contributed by atoms with Gasteiger partial charge in [-0.05, 0) is 56.8 Å². The summed E-state index contributed by atoms with van der Waals surface area (Å²) in [5.74, 6) is 1.95. The molecule has 1 saturated carbocycles. The van der Waals surface area contributed by atoms with E-state index in [-0.39, 0.29) is 0 Å². The van der Waals surface area contributed by atoms with E-state index in [1.165, 1.54) is 51.6 Å². The molecule has 112 valence electrons. The molecule has 2 heterocycles. The van der Waals surface area contributed by atoms with Gasteiger partial charge in [0.05, 0.1) is 12.3 Å². The van der Waals surface area contributed by atoms with Crippen molar-refractivity contribution in [2.75, 3.05) is 19.6 Å². The maximum atomic E-state index is 5.69. The second kappa shape index (κ2) is 6.77. The van der Waals surface area contributed by atoms with Gasteiger partial charge < -0.3 is 9.73 Å². The lowest BCUT2D eigenvalue weighted by atomic mass is 9.86. The van der Waals surface area contributed by atoms with Gasteiger partial charge in [0.1, 0.15) is 5.76 Å². The smallest absolute Gasteiger partial charge is 0.122 e. The predicted octanol–water partition coefficient (Wildman–Crippen LogP) is 3.58. The van der Waals surface area contributed by atoms with Crippen LogP contribution in [-0.4, -0.2) is 30.6 Å². The lowest BCUT2D eigenvalue weighted by Crippen LogP contribution is -2.42. The van der Waals surface area contributed by atoms with Gasteiger partial charge in [-0.1, -0.05) is 19.8 Å². The third-order valence-corrected chi connectivity index (χ3v) is 5.14. The molecule has 0 radical (unpaired) electrons. The topological polar surface area (TPSA) is 28.4 Å². The van der Waals surface area contributed by atoms with Crippen molar-refractivity contribution in [2.24, 2.45) is 5.92 Å². The molecule has 1 saturated heterocycles. The summed E-state index contributed by atoms with van der Waals surface area (Å²) in [5, 5.41) is 3.83. The van der Waals surface area contributed by atoms with Crippen LogP contribution < -0.4 is 5.32 Å². The minimum atomic E-state index is 0.418. The van der Waals surface area contributed by atoms with Crippen LogP contribution in [0.25, 0.3) is 0 Å². The summed E-state index contributed by atoms with van der Waals surface area (Å²) < 4.78 is 5.69. The van der Waals surface area contributed by atoms with Crippen molar-refractivity contribution in [1.82, 2.24) is 10.2 Å². The second-order valence-corrected chi connectivity index (χ2v) is 6.55. The summed E-state index contributed by atoms with van der Waals surface area (Å²) in [6.45, 7) is 5.86. The Morgan fingerprint density at radius 2 is 2.05 bits per heavy atom. The highest BCUT2D eigenvalue weighted by molar-refractivity contribution is 5.06. The SMILES string of the molecule is CC1CCCCC1NCC(c1ccco1)N1CCCC1. The average molecular weight is 276 g/mol. The fourth-order valence-corrected chi connectivity index (χ4v) is 3.83. The molecule has 1 aliphatic heterocycles. The Morgan fingerprint density at radius 1 is 1.25 bits per heavy atom. The highest BCUT2D eigenvalue weighted by Gasteiger charge is 2.27. The van der Waals surface area contributed by atoms with Gasteiger partial charge >= 0.3 is 0 Å². The maximum absolute atomic E-state index is 5.69. The molecular weight excluding hydrogens is 248 g/mol. The number of furan rings is 1. The van der Waals surface area contributed by atoms with E-state index >= 15 is 0 Å². The zero-order valence-corrected chi connectivity index (χ0v) is 12.7. The highest BCUT2D eigenvalue weighted by Crippen LogP contribution is 2.27. The number of nitrogens with one attached hydrogen (secondary N) is 1. The Labute approximate surface area is 122 Å². The average Bonchev–Trinajstić information content (AvgIpc) is 3.14. The van der Waals surface area contributed by atoms with E-state index in [1.807, 2.05) is 12.3 Å². The lowest BCUT2D eigenvalue weighted by Gasteiger charge is -2.33. The molecule has 2 fully saturated rings. The van der Waals surface area contributed by atoms with Crippen LogP contribution in [0.5, 0.6) is 0 Å². The van der Waals surface area contributed by atoms with Crippen LogP contribution in [0.2, 0.25) is 0 Å². The van der Waals surface area contributed by atoms with Gasteiger partial charge in [-0.2, -0.15) is 0 Å². The zero-order valence-electron chi connectivity index (χ0n) is 12.7. The molecule has 3 rings (SSSR count). The highest BCUT2D eigenvalue weighted by atomic mass is 16.3. The minimum Gasteiger partial charge on any atom is -0.468 e. The Hall–Kier alpha value is -0.800. The van der Waals surface area contributed by atoms with Crippen molar-refractivity contribution in [3.63, 3.8) is 0 Å². The van der Waals surface area contributed by atoms with Gasteiger partial charge in [0, 0.05) is 12.6 Å². The molecule has 1 aromatic heterocycles. The predicted molar refractivity (Wildman–Crippen MR) is 81.7 cm³/mol. The van der Waals surface area contributed by atoms with Crippen LogP contribution in [0, 0.1) is 5.92 Å². The van der Waals surface area contributed by atoms with E-state index in [0.29, 0.717) is 12.1 Å². The van der Waals surface area contributed by atoms with Crippen molar-refractivity contribution in [2.45, 2.75) is 57.5 Å². The van der Waals surface area contributed by atoms with E-state index in [4.69, 9.17) is 4.42 Å². The van der Waals surface area contributed by atoms with Crippen molar-refractivity contribution < 1.29 is 4.42 Å². The summed E-state index contributed by atoms with van der Waals surface area (Å²) >= 11 is 0. The molecule has 0 aromatic carbocycles. The minimum absolute atomic E-state index is 0.418. The standard InChI is InChI=1S/C17H28N2O/c1-14-7-2-3-8-15(14)18-13-16(17-9-6-12-20-17)19-10-4-5-11-19/h6,9,12,14-16,18H,2-5,7-8,10-11,13H2,1H3. The third kappa shape index (κ3) is 3.26. The zero-order chi connectivity index (χ0) is 13.8. The van der Waals surface area contributed by atoms with Crippen LogP contribution in [0.3, 0.4) is 0 Å². The molecule has 3 heteroatoms. The first kappa shape index (κ1) is 14.2. The normalized spacial score (nSPS) is 29.6. The van der Waals surface area contributed by atoms with Crippen LogP contribution in [0.15, 0.2) is 22.8 Å². The molecule has 1 N–H and O–H groups in total. The third-order valence-electron chi connectivity index (χ3n) is 5.14. The molecule has 3 atom stereocenters. The molecule has 1 aromatic rings. The van der Waals surface area contributed by atoms with Crippen molar-refractivity contribution in [3.8, 4) is 0 Å². The molecular formula is C17H28N2O. The van der Waals surface area contributed by atoms with E-state index in [2.05, 4.69) is 23.2 Å². The van der Waals surface area contributed by atoms with E-state index in [1.54, 1.807) is 0 Å². The summed E-state index contributed by atoms with van der Waals surface area (Å²) in [7, 11) is 0. The first-order valence-corrected chi connectivity index (χ1v) is 8.35. The number of hydrogen-bond donors (Lipinski definition) is 1. The van der Waals surface area contributed by atoms with E-state index in [0.717, 1.165) is 18.2 Å². The second-order valence-electron chi connectivity index (χ2n) is 6.55. The van der Waals surface area contributed by atoms with Crippen LogP contribution >= 0.6 is 0 Å². The molecule has 1 aliphatic carbocycles. The maximum Gasteiger partial charge on any atom is 0.122 e.